The summed E-state index contributed by atoms with van der Waals surface area (Å²) in [6.45, 7) is 3.83. The highest BCUT2D eigenvalue weighted by Gasteiger charge is 2.27. The molecule has 3 N–H and O–H groups in total. The Hall–Kier alpha value is -1.76. The maximum atomic E-state index is 11.3. The molecule has 0 amide bonds. The second-order valence-corrected chi connectivity index (χ2v) is 2.57. The molecular formula is C8H13N3O4. The van der Waals surface area contributed by atoms with E-state index in [0.717, 1.165) is 0 Å². The van der Waals surface area contributed by atoms with Crippen LogP contribution in [0.1, 0.15) is 13.8 Å². The molecule has 84 valence electrons. The van der Waals surface area contributed by atoms with Gasteiger partial charge >= 0.3 is 11.9 Å². The second-order valence-electron chi connectivity index (χ2n) is 2.57. The molecule has 0 saturated carbocycles. The quantitative estimate of drug-likeness (QED) is 0.515. The number of nitrogens with one attached hydrogen (secondary N) is 3. The van der Waals surface area contributed by atoms with Gasteiger partial charge in [0.05, 0.1) is 13.2 Å². The summed E-state index contributed by atoms with van der Waals surface area (Å²) in [6, 6.07) is 0. The first-order chi connectivity index (χ1) is 7.20. The minimum absolute atomic E-state index is 0.0234. The lowest BCUT2D eigenvalue weighted by atomic mass is 10.3. The zero-order valence-corrected chi connectivity index (χ0v) is 8.55. The monoisotopic (exact) mass is 215 g/mol. The summed E-state index contributed by atoms with van der Waals surface area (Å²) < 4.78 is 9.47. The molecule has 7 nitrogen and oxygen atoms in total. The zero-order valence-electron chi connectivity index (χ0n) is 8.55. The summed E-state index contributed by atoms with van der Waals surface area (Å²) >= 11 is 0. The van der Waals surface area contributed by atoms with Crippen molar-refractivity contribution in [2.75, 3.05) is 13.2 Å². The van der Waals surface area contributed by atoms with Gasteiger partial charge in [-0.05, 0) is 13.8 Å². The lowest BCUT2D eigenvalue weighted by molar-refractivity contribution is -0.142. The fourth-order valence-electron chi connectivity index (χ4n) is 0.994. The Morgan fingerprint density at radius 3 is 1.73 bits per heavy atom. The Kier molecular flexibility index (Phi) is 3.92. The molecule has 0 radical (unpaired) electrons. The van der Waals surface area contributed by atoms with Crippen LogP contribution in [0, 0.1) is 0 Å². The van der Waals surface area contributed by atoms with Gasteiger partial charge in [-0.2, -0.15) is 0 Å². The van der Waals surface area contributed by atoms with Crippen molar-refractivity contribution in [2.24, 2.45) is 0 Å². The van der Waals surface area contributed by atoms with E-state index >= 15 is 0 Å². The van der Waals surface area contributed by atoms with Gasteiger partial charge in [-0.25, -0.2) is 9.59 Å². The summed E-state index contributed by atoms with van der Waals surface area (Å²) in [5.74, 6) is -1.23. The summed E-state index contributed by atoms with van der Waals surface area (Å²) in [5.41, 5.74) is 7.42. The molecule has 15 heavy (non-hydrogen) atoms. The molecule has 0 saturated heterocycles. The van der Waals surface area contributed by atoms with Gasteiger partial charge < -0.3 is 9.47 Å². The second kappa shape index (κ2) is 5.20. The molecule has 1 rings (SSSR count). The third kappa shape index (κ3) is 2.59. The van der Waals surface area contributed by atoms with E-state index in [1.54, 1.807) is 13.8 Å². The SMILES string of the molecule is CCOC(=O)C1=C(C(=O)OCC)NNN1. The van der Waals surface area contributed by atoms with Gasteiger partial charge in [0, 0.05) is 0 Å². The van der Waals surface area contributed by atoms with Gasteiger partial charge in [-0.15, -0.1) is 5.53 Å². The van der Waals surface area contributed by atoms with Crippen molar-refractivity contribution in [3.05, 3.63) is 11.4 Å². The number of carbonyl (C=O) groups is 2. The molecule has 0 aromatic rings. The van der Waals surface area contributed by atoms with Crippen molar-refractivity contribution >= 4 is 11.9 Å². The molecule has 0 aromatic carbocycles. The molecule has 0 aromatic heterocycles. The van der Waals surface area contributed by atoms with Crippen molar-refractivity contribution in [1.29, 1.82) is 0 Å². The van der Waals surface area contributed by atoms with Crippen molar-refractivity contribution in [1.82, 2.24) is 16.4 Å². The van der Waals surface area contributed by atoms with E-state index in [1.807, 2.05) is 0 Å². The fraction of sp³-hybridized carbons (Fsp3) is 0.500. The predicted octanol–water partition coefficient (Wildman–Crippen LogP) is -1.06. The molecule has 0 fully saturated rings. The molecule has 1 aliphatic heterocycles. The highest BCUT2D eigenvalue weighted by atomic mass is 16.5. The van der Waals surface area contributed by atoms with Crippen LogP contribution >= 0.6 is 0 Å². The average Bonchev–Trinajstić information content (AvgIpc) is 2.66. The molecule has 0 spiro atoms. The summed E-state index contributed by atoms with van der Waals surface area (Å²) in [4.78, 5) is 22.7. The largest absolute Gasteiger partial charge is 0.461 e. The highest BCUT2D eigenvalue weighted by Crippen LogP contribution is 2.05. The van der Waals surface area contributed by atoms with Crippen LogP contribution in [0.5, 0.6) is 0 Å². The average molecular weight is 215 g/mol. The third-order valence-corrected chi connectivity index (χ3v) is 1.58. The van der Waals surface area contributed by atoms with Crippen molar-refractivity contribution in [2.45, 2.75) is 13.8 Å². The zero-order chi connectivity index (χ0) is 11.3. The van der Waals surface area contributed by atoms with Crippen LogP contribution in [-0.4, -0.2) is 25.2 Å². The Bertz CT molecular complexity index is 272. The van der Waals surface area contributed by atoms with E-state index in [-0.39, 0.29) is 24.6 Å². The van der Waals surface area contributed by atoms with Crippen molar-refractivity contribution < 1.29 is 19.1 Å². The number of hydrogen-bond acceptors (Lipinski definition) is 7. The van der Waals surface area contributed by atoms with Crippen LogP contribution in [0.3, 0.4) is 0 Å². The van der Waals surface area contributed by atoms with E-state index in [2.05, 4.69) is 16.4 Å². The Morgan fingerprint density at radius 2 is 1.40 bits per heavy atom. The standard InChI is InChI=1S/C8H13N3O4/c1-3-14-7(12)5-6(10-11-9-5)8(13)15-4-2/h9-11H,3-4H2,1-2H3. The smallest absolute Gasteiger partial charge is 0.358 e. The number of hydrazine groups is 2. The van der Waals surface area contributed by atoms with Crippen molar-refractivity contribution in [3.8, 4) is 0 Å². The molecule has 1 aliphatic rings. The van der Waals surface area contributed by atoms with Crippen LogP contribution in [0.25, 0.3) is 0 Å². The maximum absolute atomic E-state index is 11.3. The van der Waals surface area contributed by atoms with Crippen LogP contribution in [0.2, 0.25) is 0 Å². The normalized spacial score (nSPS) is 14.3. The highest BCUT2D eigenvalue weighted by molar-refractivity contribution is 6.00. The molecule has 7 heteroatoms. The first kappa shape index (κ1) is 11.3. The summed E-state index contributed by atoms with van der Waals surface area (Å²) in [5, 5.41) is 0. The lowest BCUT2D eigenvalue weighted by Crippen LogP contribution is -2.35. The van der Waals surface area contributed by atoms with Crippen molar-refractivity contribution in [3.63, 3.8) is 0 Å². The maximum Gasteiger partial charge on any atom is 0.358 e. The van der Waals surface area contributed by atoms with Gasteiger partial charge in [0.2, 0.25) is 0 Å². The van der Waals surface area contributed by atoms with E-state index in [1.165, 1.54) is 0 Å². The number of ether oxygens (including phenoxy) is 2. The number of rotatable bonds is 4. The van der Waals surface area contributed by atoms with Crippen LogP contribution in [0.15, 0.2) is 11.4 Å². The molecular weight excluding hydrogens is 202 g/mol. The minimum atomic E-state index is -0.613. The number of hydrogen-bond donors (Lipinski definition) is 3. The molecule has 0 unspecified atom stereocenters. The minimum Gasteiger partial charge on any atom is -0.461 e. The van der Waals surface area contributed by atoms with Crippen LogP contribution in [0.4, 0.5) is 0 Å². The molecule has 1 heterocycles. The Balaban J connectivity index is 2.77. The molecule has 0 bridgehead atoms. The molecule has 0 aliphatic carbocycles. The van der Waals surface area contributed by atoms with Gasteiger partial charge in [-0.3, -0.25) is 10.9 Å². The van der Waals surface area contributed by atoms with Gasteiger partial charge in [0.15, 0.2) is 11.4 Å². The Labute approximate surface area is 86.7 Å². The first-order valence-electron chi connectivity index (χ1n) is 4.56. The summed E-state index contributed by atoms with van der Waals surface area (Å²) in [7, 11) is 0. The first-order valence-corrected chi connectivity index (χ1v) is 4.56. The lowest BCUT2D eigenvalue weighted by Gasteiger charge is -2.04. The van der Waals surface area contributed by atoms with Gasteiger partial charge in [0.1, 0.15) is 0 Å². The Morgan fingerprint density at radius 1 is 1.00 bits per heavy atom. The third-order valence-electron chi connectivity index (χ3n) is 1.58. The summed E-state index contributed by atoms with van der Waals surface area (Å²) in [6.07, 6.45) is 0. The molecule has 0 atom stereocenters. The predicted molar refractivity (Wildman–Crippen MR) is 49.7 cm³/mol. The number of esters is 2. The van der Waals surface area contributed by atoms with E-state index < -0.39 is 11.9 Å². The van der Waals surface area contributed by atoms with E-state index in [4.69, 9.17) is 9.47 Å². The van der Waals surface area contributed by atoms with Crippen LogP contribution < -0.4 is 16.4 Å². The van der Waals surface area contributed by atoms with E-state index in [0.29, 0.717) is 0 Å². The van der Waals surface area contributed by atoms with Crippen LogP contribution in [-0.2, 0) is 19.1 Å². The topological polar surface area (TPSA) is 88.7 Å². The van der Waals surface area contributed by atoms with E-state index in [9.17, 15) is 9.59 Å². The van der Waals surface area contributed by atoms with Gasteiger partial charge in [-0.1, -0.05) is 0 Å². The fourth-order valence-corrected chi connectivity index (χ4v) is 0.994. The number of carbonyl (C=O) groups excluding carboxylic acids is 2. The van der Waals surface area contributed by atoms with Gasteiger partial charge in [0.25, 0.3) is 0 Å².